The van der Waals surface area contributed by atoms with E-state index in [4.69, 9.17) is 9.78 Å². The molecule has 3 heteroatoms. The number of hydrogen-bond donors (Lipinski definition) is 0. The third-order valence-corrected chi connectivity index (χ3v) is 1.71. The molecule has 2 aromatic rings. The summed E-state index contributed by atoms with van der Waals surface area (Å²) in [6.45, 7) is 0. The molecule has 0 unspecified atom stereocenters. The van der Waals surface area contributed by atoms with Crippen molar-refractivity contribution >= 4 is 10.9 Å². The quantitative estimate of drug-likeness (QED) is 0.636. The zero-order valence-electron chi connectivity index (χ0n) is 6.32. The van der Waals surface area contributed by atoms with Crippen LogP contribution >= 0.6 is 0 Å². The lowest BCUT2D eigenvalue weighted by Crippen LogP contribution is -1.79. The van der Waals surface area contributed by atoms with Crippen LogP contribution in [0.3, 0.4) is 0 Å². The molecule has 0 atom stereocenters. The Hall–Kier alpha value is -1.82. The van der Waals surface area contributed by atoms with Crippen molar-refractivity contribution in [2.24, 2.45) is 0 Å². The molecule has 0 amide bonds. The van der Waals surface area contributed by atoms with Crippen LogP contribution in [0.5, 0.6) is 0 Å². The van der Waals surface area contributed by atoms with E-state index < -0.39 is 0 Å². The lowest BCUT2D eigenvalue weighted by molar-refractivity contribution is 0.428. The summed E-state index contributed by atoms with van der Waals surface area (Å²) in [4.78, 5) is 0. The first kappa shape index (κ1) is 6.86. The molecular formula is C9H6N2O. The number of nitriles is 1. The molecule has 0 saturated heterocycles. The Bertz CT molecular complexity index is 439. The summed E-state index contributed by atoms with van der Waals surface area (Å²) in [5.41, 5.74) is 1.78. The Morgan fingerprint density at radius 1 is 1.50 bits per heavy atom. The Morgan fingerprint density at radius 2 is 2.42 bits per heavy atom. The summed E-state index contributed by atoms with van der Waals surface area (Å²) in [5, 5.41) is 13.2. The minimum absolute atomic E-state index is 0.419. The van der Waals surface area contributed by atoms with Crippen LogP contribution in [0.15, 0.2) is 29.0 Å². The van der Waals surface area contributed by atoms with Gasteiger partial charge in [0.15, 0.2) is 0 Å². The highest BCUT2D eigenvalue weighted by Crippen LogP contribution is 2.13. The van der Waals surface area contributed by atoms with Crippen molar-refractivity contribution in [3.05, 3.63) is 30.0 Å². The molecule has 0 aliphatic rings. The van der Waals surface area contributed by atoms with Crippen LogP contribution in [-0.2, 0) is 6.42 Å². The van der Waals surface area contributed by atoms with E-state index in [2.05, 4.69) is 11.2 Å². The molecular weight excluding hydrogens is 152 g/mol. The van der Waals surface area contributed by atoms with Crippen LogP contribution in [-0.4, -0.2) is 5.16 Å². The van der Waals surface area contributed by atoms with E-state index in [1.807, 2.05) is 18.2 Å². The van der Waals surface area contributed by atoms with E-state index >= 15 is 0 Å². The molecule has 0 N–H and O–H groups in total. The zero-order chi connectivity index (χ0) is 8.39. The molecule has 58 valence electrons. The maximum Gasteiger partial charge on any atom is 0.131 e. The second-order valence-electron chi connectivity index (χ2n) is 2.54. The molecule has 0 saturated carbocycles. The predicted molar refractivity (Wildman–Crippen MR) is 43.3 cm³/mol. The van der Waals surface area contributed by atoms with Crippen LogP contribution in [0, 0.1) is 11.3 Å². The Morgan fingerprint density at radius 3 is 3.25 bits per heavy atom. The van der Waals surface area contributed by atoms with Crippen LogP contribution in [0.1, 0.15) is 5.56 Å². The number of fused-ring (bicyclic) bond motifs is 1. The number of nitrogens with zero attached hydrogens (tertiary/aromatic N) is 2. The Balaban J connectivity index is 2.54. The lowest BCUT2D eigenvalue weighted by Gasteiger charge is -1.91. The van der Waals surface area contributed by atoms with Gasteiger partial charge in [-0.3, -0.25) is 0 Å². The Labute approximate surface area is 69.2 Å². The number of rotatable bonds is 1. The van der Waals surface area contributed by atoms with Gasteiger partial charge in [-0.1, -0.05) is 11.2 Å². The monoisotopic (exact) mass is 158 g/mol. The third-order valence-electron chi connectivity index (χ3n) is 1.71. The molecule has 0 aliphatic carbocycles. The molecule has 1 heterocycles. The van der Waals surface area contributed by atoms with Crippen molar-refractivity contribution < 1.29 is 4.52 Å². The van der Waals surface area contributed by atoms with Gasteiger partial charge in [0.25, 0.3) is 0 Å². The van der Waals surface area contributed by atoms with E-state index in [0.29, 0.717) is 6.42 Å². The SMILES string of the molecule is N#CCc1ccc2conc2c1. The van der Waals surface area contributed by atoms with Gasteiger partial charge in [0.2, 0.25) is 0 Å². The maximum atomic E-state index is 8.45. The molecule has 1 aromatic heterocycles. The van der Waals surface area contributed by atoms with E-state index in [0.717, 1.165) is 16.5 Å². The van der Waals surface area contributed by atoms with Crippen LogP contribution in [0.4, 0.5) is 0 Å². The van der Waals surface area contributed by atoms with Gasteiger partial charge in [-0.05, 0) is 17.7 Å². The van der Waals surface area contributed by atoms with Gasteiger partial charge in [-0.2, -0.15) is 5.26 Å². The van der Waals surface area contributed by atoms with Crippen molar-refractivity contribution in [1.82, 2.24) is 5.16 Å². The summed E-state index contributed by atoms with van der Waals surface area (Å²) >= 11 is 0. The first-order chi connectivity index (χ1) is 5.90. The van der Waals surface area contributed by atoms with Gasteiger partial charge in [-0.25, -0.2) is 0 Å². The van der Waals surface area contributed by atoms with E-state index in [1.165, 1.54) is 0 Å². The minimum atomic E-state index is 0.419. The highest BCUT2D eigenvalue weighted by molar-refractivity contribution is 5.77. The molecule has 12 heavy (non-hydrogen) atoms. The van der Waals surface area contributed by atoms with Gasteiger partial charge in [-0.15, -0.1) is 0 Å². The first-order valence-electron chi connectivity index (χ1n) is 3.60. The molecule has 0 aliphatic heterocycles. The molecule has 0 spiro atoms. The first-order valence-corrected chi connectivity index (χ1v) is 3.60. The van der Waals surface area contributed by atoms with Crippen LogP contribution in [0.2, 0.25) is 0 Å². The van der Waals surface area contributed by atoms with Crippen molar-refractivity contribution in [2.45, 2.75) is 6.42 Å². The topological polar surface area (TPSA) is 49.8 Å². The highest BCUT2D eigenvalue weighted by atomic mass is 16.5. The third kappa shape index (κ3) is 1.04. The van der Waals surface area contributed by atoms with Crippen molar-refractivity contribution in [3.63, 3.8) is 0 Å². The van der Waals surface area contributed by atoms with Crippen LogP contribution < -0.4 is 0 Å². The van der Waals surface area contributed by atoms with Gasteiger partial charge < -0.3 is 4.52 Å². The number of benzene rings is 1. The number of aromatic nitrogens is 1. The van der Waals surface area contributed by atoms with Gasteiger partial charge in [0.1, 0.15) is 11.8 Å². The second-order valence-corrected chi connectivity index (χ2v) is 2.54. The fourth-order valence-electron chi connectivity index (χ4n) is 1.11. The zero-order valence-corrected chi connectivity index (χ0v) is 6.32. The smallest absolute Gasteiger partial charge is 0.131 e. The van der Waals surface area contributed by atoms with E-state index in [9.17, 15) is 0 Å². The minimum Gasteiger partial charge on any atom is -0.364 e. The van der Waals surface area contributed by atoms with E-state index in [-0.39, 0.29) is 0 Å². The average molecular weight is 158 g/mol. The van der Waals surface area contributed by atoms with Crippen molar-refractivity contribution in [3.8, 4) is 6.07 Å². The number of hydrogen-bond acceptors (Lipinski definition) is 3. The summed E-state index contributed by atoms with van der Waals surface area (Å²) in [6.07, 6.45) is 2.01. The van der Waals surface area contributed by atoms with Crippen LogP contribution in [0.25, 0.3) is 10.9 Å². The molecule has 2 rings (SSSR count). The fraction of sp³-hybridized carbons (Fsp3) is 0.111. The summed E-state index contributed by atoms with van der Waals surface area (Å²) in [7, 11) is 0. The maximum absolute atomic E-state index is 8.45. The standard InChI is InChI=1S/C9H6N2O/c10-4-3-7-1-2-8-6-12-11-9(8)5-7/h1-2,5-6H,3H2. The van der Waals surface area contributed by atoms with Gasteiger partial charge >= 0.3 is 0 Å². The highest BCUT2D eigenvalue weighted by Gasteiger charge is 1.98. The normalized spacial score (nSPS) is 9.92. The Kier molecular flexibility index (Phi) is 1.52. The molecule has 0 fully saturated rings. The summed E-state index contributed by atoms with van der Waals surface area (Å²) in [6, 6.07) is 7.75. The molecule has 0 bridgehead atoms. The lowest BCUT2D eigenvalue weighted by atomic mass is 10.1. The summed E-state index contributed by atoms with van der Waals surface area (Å²) in [5.74, 6) is 0. The average Bonchev–Trinajstić information content (AvgIpc) is 2.51. The molecule has 0 radical (unpaired) electrons. The fourth-order valence-corrected chi connectivity index (χ4v) is 1.11. The molecule has 1 aromatic carbocycles. The van der Waals surface area contributed by atoms with Gasteiger partial charge in [0.05, 0.1) is 12.5 Å². The van der Waals surface area contributed by atoms with Crippen molar-refractivity contribution in [1.29, 1.82) is 5.26 Å². The van der Waals surface area contributed by atoms with Crippen molar-refractivity contribution in [2.75, 3.05) is 0 Å². The van der Waals surface area contributed by atoms with E-state index in [1.54, 1.807) is 6.26 Å². The summed E-state index contributed by atoms with van der Waals surface area (Å²) < 4.78 is 4.77. The second kappa shape index (κ2) is 2.67. The largest absolute Gasteiger partial charge is 0.364 e. The van der Waals surface area contributed by atoms with Gasteiger partial charge in [0, 0.05) is 5.39 Å². The molecule has 3 nitrogen and oxygen atoms in total. The predicted octanol–water partition coefficient (Wildman–Crippen LogP) is 1.89.